The number of aliphatic hydroxyl groups excluding tert-OH is 1. The van der Waals surface area contributed by atoms with Crippen molar-refractivity contribution in [2.24, 2.45) is 11.8 Å². The molecular weight excluding hydrogens is 364 g/mol. The van der Waals surface area contributed by atoms with Gasteiger partial charge in [0, 0.05) is 19.4 Å². The predicted molar refractivity (Wildman–Crippen MR) is 121 cm³/mol. The summed E-state index contributed by atoms with van der Waals surface area (Å²) in [6, 6.07) is 0. The maximum absolute atomic E-state index is 12.8. The third-order valence-corrected chi connectivity index (χ3v) is 4.90. The largest absolute Gasteiger partial charge is 0.386 e. The van der Waals surface area contributed by atoms with Crippen molar-refractivity contribution in [3.8, 4) is 0 Å². The number of carbonyl (C=O) groups excluding carboxylic acids is 2. The highest BCUT2D eigenvalue weighted by molar-refractivity contribution is 5.86. The standard InChI is InChI=1S/C25H40O4/c1-8-12-18(2)13-10-9-11-14-19(3)17-21(5)24(28)25(29-7)23(27)20(4)15-16-22(6)26/h9-11,13-15,19,21,23,25,27H,8,12,16-17H2,1-7H3/b10-9+,14-11+,18-13+,20-15+/t19-,21?,23?,25-/m1/s1. The number of hydrogen-bond donors (Lipinski definition) is 1. The number of hydrogen-bond acceptors (Lipinski definition) is 4. The molecule has 0 aliphatic carbocycles. The molecule has 0 radical (unpaired) electrons. The molecule has 0 aliphatic rings. The lowest BCUT2D eigenvalue weighted by Crippen LogP contribution is -2.40. The van der Waals surface area contributed by atoms with E-state index in [4.69, 9.17) is 4.74 Å². The Morgan fingerprint density at radius 3 is 2.28 bits per heavy atom. The number of carbonyl (C=O) groups is 2. The third kappa shape index (κ3) is 11.7. The lowest BCUT2D eigenvalue weighted by molar-refractivity contribution is -0.138. The summed E-state index contributed by atoms with van der Waals surface area (Å²) < 4.78 is 5.30. The lowest BCUT2D eigenvalue weighted by atomic mass is 9.88. The Labute approximate surface area is 177 Å². The van der Waals surface area contributed by atoms with E-state index >= 15 is 0 Å². The topological polar surface area (TPSA) is 63.6 Å². The van der Waals surface area contributed by atoms with E-state index in [1.807, 2.05) is 25.2 Å². The van der Waals surface area contributed by atoms with E-state index in [1.54, 1.807) is 13.0 Å². The molecule has 0 saturated carbocycles. The summed E-state index contributed by atoms with van der Waals surface area (Å²) in [5, 5.41) is 10.5. The minimum atomic E-state index is -1.04. The fourth-order valence-electron chi connectivity index (χ4n) is 3.11. The van der Waals surface area contributed by atoms with Gasteiger partial charge in [0.05, 0.1) is 0 Å². The van der Waals surface area contributed by atoms with Crippen molar-refractivity contribution in [3.63, 3.8) is 0 Å². The van der Waals surface area contributed by atoms with Crippen LogP contribution in [0, 0.1) is 11.8 Å². The Bertz CT molecular complexity index is 625. The number of ether oxygens (including phenoxy) is 1. The maximum Gasteiger partial charge on any atom is 0.167 e. The van der Waals surface area contributed by atoms with Crippen molar-refractivity contribution in [2.45, 2.75) is 79.4 Å². The molecule has 0 rings (SSSR count). The minimum Gasteiger partial charge on any atom is -0.386 e. The zero-order valence-corrected chi connectivity index (χ0v) is 19.3. The Morgan fingerprint density at radius 1 is 1.07 bits per heavy atom. The molecule has 0 heterocycles. The first-order chi connectivity index (χ1) is 13.6. The summed E-state index contributed by atoms with van der Waals surface area (Å²) in [5.41, 5.74) is 1.94. The van der Waals surface area contributed by atoms with Gasteiger partial charge in [-0.15, -0.1) is 0 Å². The first-order valence-electron chi connectivity index (χ1n) is 10.5. The Kier molecular flexibility index (Phi) is 14.2. The Hall–Kier alpha value is -1.78. The van der Waals surface area contributed by atoms with E-state index < -0.39 is 12.2 Å². The quantitative estimate of drug-likeness (QED) is 0.312. The van der Waals surface area contributed by atoms with Crippen LogP contribution < -0.4 is 0 Å². The van der Waals surface area contributed by atoms with Crippen molar-refractivity contribution in [1.29, 1.82) is 0 Å². The normalized spacial score (nSPS) is 17.5. The van der Waals surface area contributed by atoms with Crippen molar-refractivity contribution in [1.82, 2.24) is 0 Å². The lowest BCUT2D eigenvalue weighted by Gasteiger charge is -2.25. The van der Waals surface area contributed by atoms with Gasteiger partial charge in [-0.2, -0.15) is 0 Å². The number of Topliss-reactive ketones (excluding diaryl/α,β-unsaturated/α-hetero) is 2. The van der Waals surface area contributed by atoms with Crippen LogP contribution in [-0.4, -0.2) is 36.0 Å². The highest BCUT2D eigenvalue weighted by Crippen LogP contribution is 2.20. The van der Waals surface area contributed by atoms with E-state index in [-0.39, 0.29) is 29.8 Å². The van der Waals surface area contributed by atoms with Gasteiger partial charge in [-0.05, 0) is 45.1 Å². The molecule has 0 spiro atoms. The van der Waals surface area contributed by atoms with Crippen LogP contribution in [0.3, 0.4) is 0 Å². The monoisotopic (exact) mass is 404 g/mol. The molecule has 0 saturated heterocycles. The smallest absolute Gasteiger partial charge is 0.167 e. The first-order valence-corrected chi connectivity index (χ1v) is 10.5. The van der Waals surface area contributed by atoms with Crippen LogP contribution in [0.5, 0.6) is 0 Å². The molecule has 0 aromatic heterocycles. The summed E-state index contributed by atoms with van der Waals surface area (Å²) in [7, 11) is 1.43. The average molecular weight is 405 g/mol. The van der Waals surface area contributed by atoms with Crippen LogP contribution in [0.1, 0.15) is 67.2 Å². The zero-order valence-electron chi connectivity index (χ0n) is 19.3. The van der Waals surface area contributed by atoms with Gasteiger partial charge < -0.3 is 9.84 Å². The van der Waals surface area contributed by atoms with Crippen LogP contribution in [-0.2, 0) is 14.3 Å². The van der Waals surface area contributed by atoms with Crippen LogP contribution in [0.4, 0.5) is 0 Å². The van der Waals surface area contributed by atoms with Gasteiger partial charge in [0.15, 0.2) is 5.78 Å². The second-order valence-corrected chi connectivity index (χ2v) is 8.00. The van der Waals surface area contributed by atoms with Gasteiger partial charge in [0.2, 0.25) is 0 Å². The SMILES string of the molecule is CCC/C(C)=C/C=C/C=C/[C@@H](C)CC(C)C(=O)[C@H](OC)C(O)/C(C)=C/CC(C)=O. The van der Waals surface area contributed by atoms with E-state index in [1.165, 1.54) is 19.6 Å². The summed E-state index contributed by atoms with van der Waals surface area (Å²) in [6.45, 7) is 11.4. The minimum absolute atomic E-state index is 0.0101. The van der Waals surface area contributed by atoms with E-state index in [2.05, 4.69) is 32.9 Å². The molecule has 164 valence electrons. The molecule has 2 unspecified atom stereocenters. The van der Waals surface area contributed by atoms with Crippen LogP contribution >= 0.6 is 0 Å². The fraction of sp³-hybridized carbons (Fsp3) is 0.600. The average Bonchev–Trinajstić information content (AvgIpc) is 2.66. The molecule has 0 aromatic rings. The van der Waals surface area contributed by atoms with Crippen molar-refractivity contribution < 1.29 is 19.4 Å². The summed E-state index contributed by atoms with van der Waals surface area (Å²) in [4.78, 5) is 23.9. The van der Waals surface area contributed by atoms with E-state index in [0.717, 1.165) is 12.8 Å². The van der Waals surface area contributed by atoms with Crippen molar-refractivity contribution in [3.05, 3.63) is 47.6 Å². The molecule has 0 fully saturated rings. The Balaban J connectivity index is 4.81. The second-order valence-electron chi connectivity index (χ2n) is 8.00. The summed E-state index contributed by atoms with van der Waals surface area (Å²) in [6.07, 6.45) is 13.1. The van der Waals surface area contributed by atoms with Gasteiger partial charge >= 0.3 is 0 Å². The molecular formula is C25H40O4. The number of ketones is 2. The van der Waals surface area contributed by atoms with Crippen LogP contribution in [0.25, 0.3) is 0 Å². The fourth-order valence-corrected chi connectivity index (χ4v) is 3.11. The molecule has 0 aliphatic heterocycles. The zero-order chi connectivity index (χ0) is 22.4. The van der Waals surface area contributed by atoms with Crippen molar-refractivity contribution >= 4 is 11.6 Å². The molecule has 0 amide bonds. The molecule has 1 N–H and O–H groups in total. The van der Waals surface area contributed by atoms with E-state index in [0.29, 0.717) is 12.0 Å². The predicted octanol–water partition coefficient (Wildman–Crippen LogP) is 5.38. The molecule has 29 heavy (non-hydrogen) atoms. The number of methoxy groups -OCH3 is 1. The highest BCUT2D eigenvalue weighted by Gasteiger charge is 2.31. The maximum atomic E-state index is 12.8. The van der Waals surface area contributed by atoms with Gasteiger partial charge in [-0.1, -0.05) is 69.2 Å². The van der Waals surface area contributed by atoms with E-state index in [9.17, 15) is 14.7 Å². The van der Waals surface area contributed by atoms with Crippen LogP contribution in [0.15, 0.2) is 47.6 Å². The molecule has 4 heteroatoms. The van der Waals surface area contributed by atoms with Gasteiger partial charge in [-0.25, -0.2) is 0 Å². The Morgan fingerprint density at radius 2 is 1.72 bits per heavy atom. The number of allylic oxidation sites excluding steroid dienone is 7. The summed E-state index contributed by atoms with van der Waals surface area (Å²) in [5.74, 6) is -0.130. The summed E-state index contributed by atoms with van der Waals surface area (Å²) >= 11 is 0. The molecule has 0 aromatic carbocycles. The molecule has 4 atom stereocenters. The second kappa shape index (κ2) is 15.1. The third-order valence-electron chi connectivity index (χ3n) is 4.90. The molecule has 0 bridgehead atoms. The molecule has 4 nitrogen and oxygen atoms in total. The highest BCUT2D eigenvalue weighted by atomic mass is 16.5. The van der Waals surface area contributed by atoms with Crippen LogP contribution in [0.2, 0.25) is 0 Å². The van der Waals surface area contributed by atoms with Gasteiger partial charge in [0.25, 0.3) is 0 Å². The number of rotatable bonds is 14. The number of aliphatic hydroxyl groups is 1. The van der Waals surface area contributed by atoms with Gasteiger partial charge in [-0.3, -0.25) is 9.59 Å². The van der Waals surface area contributed by atoms with Crippen molar-refractivity contribution in [2.75, 3.05) is 7.11 Å². The van der Waals surface area contributed by atoms with Gasteiger partial charge in [0.1, 0.15) is 18.0 Å². The first kappa shape index (κ1) is 27.2.